The summed E-state index contributed by atoms with van der Waals surface area (Å²) >= 11 is 5.87. The van der Waals surface area contributed by atoms with Gasteiger partial charge in [-0.3, -0.25) is 4.79 Å². The van der Waals surface area contributed by atoms with Gasteiger partial charge in [0.1, 0.15) is 0 Å². The maximum absolute atomic E-state index is 13.2. The van der Waals surface area contributed by atoms with Crippen LogP contribution in [0.25, 0.3) is 0 Å². The van der Waals surface area contributed by atoms with Crippen molar-refractivity contribution in [3.05, 3.63) is 65.2 Å². The van der Waals surface area contributed by atoms with Crippen LogP contribution in [0.3, 0.4) is 0 Å². The van der Waals surface area contributed by atoms with E-state index in [2.05, 4.69) is 0 Å². The molecule has 0 bridgehead atoms. The van der Waals surface area contributed by atoms with Gasteiger partial charge in [-0.15, -0.1) is 0 Å². The smallest absolute Gasteiger partial charge is 0.243 e. The average molecular weight is 471 g/mol. The Morgan fingerprint density at radius 2 is 1.73 bits per heavy atom. The third kappa shape index (κ3) is 5.40. The van der Waals surface area contributed by atoms with Crippen LogP contribution in [0, 0.1) is 0 Å². The van der Waals surface area contributed by atoms with Crippen molar-refractivity contribution in [3.8, 4) is 0 Å². The van der Waals surface area contributed by atoms with Crippen molar-refractivity contribution < 1.29 is 21.6 Å². The average Bonchev–Trinajstić information content (AvgIpc) is 3.07. The number of amides is 1. The highest BCUT2D eigenvalue weighted by atomic mass is 35.5. The van der Waals surface area contributed by atoms with Crippen LogP contribution in [0.4, 0.5) is 0 Å². The Bertz CT molecular complexity index is 1100. The number of hydrogen-bond acceptors (Lipinski definition) is 5. The van der Waals surface area contributed by atoms with Gasteiger partial charge in [-0.25, -0.2) is 16.8 Å². The summed E-state index contributed by atoms with van der Waals surface area (Å²) < 4.78 is 51.1. The second kappa shape index (κ2) is 9.05. The summed E-state index contributed by atoms with van der Waals surface area (Å²) in [5, 5.41) is 0.404. The molecule has 0 unspecified atom stereocenters. The normalized spacial score (nSPS) is 18.4. The number of hydrogen-bond donors (Lipinski definition) is 0. The molecular formula is C20H23ClN2O5S2. The highest BCUT2D eigenvalue weighted by Gasteiger charge is 2.35. The van der Waals surface area contributed by atoms with Crippen LogP contribution in [0.2, 0.25) is 5.02 Å². The zero-order valence-corrected chi connectivity index (χ0v) is 18.8. The number of carbonyl (C=O) groups excluding carboxylic acids is 1. The lowest BCUT2D eigenvalue weighted by atomic mass is 10.2. The molecule has 162 valence electrons. The van der Waals surface area contributed by atoms with Crippen LogP contribution in [-0.2, 0) is 31.2 Å². The molecule has 10 heteroatoms. The maximum atomic E-state index is 13.2. The van der Waals surface area contributed by atoms with Crippen molar-refractivity contribution in [1.29, 1.82) is 0 Å². The van der Waals surface area contributed by atoms with E-state index in [-0.39, 0.29) is 22.9 Å². The number of halogens is 1. The van der Waals surface area contributed by atoms with Gasteiger partial charge in [0.15, 0.2) is 9.84 Å². The molecule has 30 heavy (non-hydrogen) atoms. The van der Waals surface area contributed by atoms with Crippen LogP contribution in [0.15, 0.2) is 59.5 Å². The number of likely N-dealkylation sites (N-methyl/N-ethyl adjacent to an activating group) is 1. The van der Waals surface area contributed by atoms with Crippen molar-refractivity contribution >= 4 is 37.4 Å². The van der Waals surface area contributed by atoms with E-state index >= 15 is 0 Å². The number of benzene rings is 2. The van der Waals surface area contributed by atoms with E-state index in [1.165, 1.54) is 36.2 Å². The fourth-order valence-corrected chi connectivity index (χ4v) is 6.59. The fourth-order valence-electron chi connectivity index (χ4n) is 3.32. The molecule has 3 rings (SSSR count). The molecule has 1 amide bonds. The standard InChI is InChI=1S/C20H23ClN2O5S2/c1-22(18-11-12-29(25,26)15-18)20(24)14-23(13-16-5-3-2-4-6-16)30(27,28)19-9-7-17(21)8-10-19/h2-10,18H,11-15H2,1H3/t18-/m1/s1. The molecule has 0 N–H and O–H groups in total. The molecule has 0 radical (unpaired) electrons. The van der Waals surface area contributed by atoms with Crippen molar-refractivity contribution in [2.75, 3.05) is 25.1 Å². The molecule has 7 nitrogen and oxygen atoms in total. The Hall–Kier alpha value is -1.94. The quantitative estimate of drug-likeness (QED) is 0.618. The lowest BCUT2D eigenvalue weighted by Gasteiger charge is -2.28. The molecular weight excluding hydrogens is 448 g/mol. The topological polar surface area (TPSA) is 91.8 Å². The van der Waals surface area contributed by atoms with Gasteiger partial charge in [0.05, 0.1) is 22.9 Å². The Morgan fingerprint density at radius 3 is 2.30 bits per heavy atom. The van der Waals surface area contributed by atoms with Gasteiger partial charge in [0.2, 0.25) is 15.9 Å². The highest BCUT2D eigenvalue weighted by molar-refractivity contribution is 7.91. The minimum atomic E-state index is -3.98. The second-order valence-corrected chi connectivity index (χ2v) is 11.9. The molecule has 1 saturated heterocycles. The SMILES string of the molecule is CN(C(=O)CN(Cc1ccccc1)S(=O)(=O)c1ccc(Cl)cc1)[C@@H]1CCS(=O)(=O)C1. The first-order valence-corrected chi connectivity index (χ1v) is 13.0. The van der Waals surface area contributed by atoms with Crippen LogP contribution in [-0.4, -0.2) is 63.1 Å². The molecule has 1 fully saturated rings. The highest BCUT2D eigenvalue weighted by Crippen LogP contribution is 2.22. The summed E-state index contributed by atoms with van der Waals surface area (Å²) in [5.41, 5.74) is 0.730. The molecule has 0 spiro atoms. The summed E-state index contributed by atoms with van der Waals surface area (Å²) in [4.78, 5) is 14.3. The van der Waals surface area contributed by atoms with Crippen LogP contribution >= 0.6 is 11.6 Å². The summed E-state index contributed by atoms with van der Waals surface area (Å²) in [7, 11) is -5.63. The van der Waals surface area contributed by atoms with Gasteiger partial charge in [-0.05, 0) is 36.2 Å². The van der Waals surface area contributed by atoms with Gasteiger partial charge in [0.25, 0.3) is 0 Å². The molecule has 1 atom stereocenters. The second-order valence-electron chi connectivity index (χ2n) is 7.27. The van der Waals surface area contributed by atoms with Crippen molar-refractivity contribution in [2.24, 2.45) is 0 Å². The number of nitrogens with zero attached hydrogens (tertiary/aromatic N) is 2. The van der Waals surface area contributed by atoms with E-state index in [4.69, 9.17) is 11.6 Å². The summed E-state index contributed by atoms with van der Waals surface area (Å²) in [5.74, 6) is -0.519. The van der Waals surface area contributed by atoms with Crippen molar-refractivity contribution in [3.63, 3.8) is 0 Å². The summed E-state index contributed by atoms with van der Waals surface area (Å²) in [6.07, 6.45) is 0.354. The van der Waals surface area contributed by atoms with Gasteiger partial charge in [-0.2, -0.15) is 4.31 Å². The number of rotatable bonds is 7. The van der Waals surface area contributed by atoms with E-state index < -0.39 is 38.4 Å². The minimum absolute atomic E-state index is 0.00828. The number of carbonyl (C=O) groups is 1. The molecule has 0 saturated carbocycles. The van der Waals surface area contributed by atoms with Crippen LogP contribution < -0.4 is 0 Å². The predicted octanol–water partition coefficient (Wildman–Crippen LogP) is 2.18. The van der Waals surface area contributed by atoms with Gasteiger partial charge in [0, 0.05) is 24.7 Å². The molecule has 2 aromatic rings. The van der Waals surface area contributed by atoms with Gasteiger partial charge >= 0.3 is 0 Å². The van der Waals surface area contributed by atoms with E-state index in [0.29, 0.717) is 11.4 Å². The van der Waals surface area contributed by atoms with Crippen molar-refractivity contribution in [1.82, 2.24) is 9.21 Å². The Labute approximate surface area is 182 Å². The van der Waals surface area contributed by atoms with Gasteiger partial charge < -0.3 is 4.90 Å². The Morgan fingerprint density at radius 1 is 1.10 bits per heavy atom. The summed E-state index contributed by atoms with van der Waals surface area (Å²) in [6.45, 7) is -0.388. The fraction of sp³-hybridized carbons (Fsp3) is 0.350. The number of sulfonamides is 1. The maximum Gasteiger partial charge on any atom is 0.243 e. The lowest BCUT2D eigenvalue weighted by molar-refractivity contribution is -0.131. The van der Waals surface area contributed by atoms with Crippen LogP contribution in [0.1, 0.15) is 12.0 Å². The van der Waals surface area contributed by atoms with Crippen molar-refractivity contribution in [2.45, 2.75) is 23.9 Å². The van der Waals surface area contributed by atoms with Crippen LogP contribution in [0.5, 0.6) is 0 Å². The van der Waals surface area contributed by atoms with E-state index in [1.807, 2.05) is 6.07 Å². The molecule has 1 heterocycles. The van der Waals surface area contributed by atoms with E-state index in [1.54, 1.807) is 24.3 Å². The van der Waals surface area contributed by atoms with E-state index in [9.17, 15) is 21.6 Å². The van der Waals surface area contributed by atoms with E-state index in [0.717, 1.165) is 9.87 Å². The molecule has 1 aliphatic heterocycles. The minimum Gasteiger partial charge on any atom is -0.341 e. The molecule has 0 aliphatic carbocycles. The number of sulfone groups is 1. The first kappa shape index (κ1) is 22.7. The monoisotopic (exact) mass is 470 g/mol. The first-order valence-electron chi connectivity index (χ1n) is 9.34. The summed E-state index contributed by atoms with van der Waals surface area (Å²) in [6, 6.07) is 14.3. The molecule has 0 aromatic heterocycles. The third-order valence-corrected chi connectivity index (χ3v) is 8.92. The largest absolute Gasteiger partial charge is 0.341 e. The third-order valence-electron chi connectivity index (χ3n) is 5.11. The lowest BCUT2D eigenvalue weighted by Crippen LogP contribution is -2.45. The zero-order chi connectivity index (χ0) is 21.9. The first-order chi connectivity index (χ1) is 14.1. The zero-order valence-electron chi connectivity index (χ0n) is 16.4. The molecule has 1 aliphatic rings. The Kier molecular flexibility index (Phi) is 6.86. The van der Waals surface area contributed by atoms with Gasteiger partial charge in [-0.1, -0.05) is 41.9 Å². The predicted molar refractivity (Wildman–Crippen MR) is 115 cm³/mol. The molecule has 2 aromatic carbocycles. The Balaban J connectivity index is 1.86.